The first-order valence-corrected chi connectivity index (χ1v) is 9.84. The number of pyridine rings is 1. The molecule has 0 atom stereocenters. The van der Waals surface area contributed by atoms with Gasteiger partial charge >= 0.3 is 17.5 Å². The molecular formula is C21H21N5O5. The highest BCUT2D eigenvalue weighted by Gasteiger charge is 2.33. The molecule has 1 fully saturated rings. The number of carbonyl (C=O) groups is 1. The summed E-state index contributed by atoms with van der Waals surface area (Å²) in [5, 5.41) is 12.8. The number of benzene rings is 1. The zero-order chi connectivity index (χ0) is 22.0. The third-order valence-electron chi connectivity index (χ3n) is 5.31. The summed E-state index contributed by atoms with van der Waals surface area (Å²) in [5.41, 5.74) is 1.08. The van der Waals surface area contributed by atoms with Gasteiger partial charge in [-0.1, -0.05) is 18.2 Å². The second kappa shape index (κ2) is 8.50. The lowest BCUT2D eigenvalue weighted by molar-refractivity contribution is -0.385. The zero-order valence-corrected chi connectivity index (χ0v) is 17.1. The number of aryl methyl sites for hydroxylation is 1. The standard InChI is InChI=1S/C21H21N5O5/c1-13-6-7-14-4-3-5-16(17(14)24-13)31-20-18(26(28)29)19(22-12-23-20)25-10-8-15(9-11-25)21(27)30-2/h3-7,12,15H,8-11H2,1-2H3. The van der Waals surface area contributed by atoms with E-state index < -0.39 is 4.92 Å². The molecular weight excluding hydrogens is 402 g/mol. The molecule has 1 aliphatic rings. The van der Waals surface area contributed by atoms with E-state index in [2.05, 4.69) is 15.0 Å². The molecule has 31 heavy (non-hydrogen) atoms. The molecule has 1 saturated heterocycles. The molecule has 0 unspecified atom stereocenters. The summed E-state index contributed by atoms with van der Waals surface area (Å²) in [5.74, 6) is -0.0931. The van der Waals surface area contributed by atoms with E-state index in [9.17, 15) is 14.9 Å². The fourth-order valence-electron chi connectivity index (χ4n) is 3.72. The van der Waals surface area contributed by atoms with Gasteiger partial charge in [-0.3, -0.25) is 14.9 Å². The van der Waals surface area contributed by atoms with Crippen LogP contribution in [0.25, 0.3) is 10.9 Å². The molecule has 10 nitrogen and oxygen atoms in total. The van der Waals surface area contributed by atoms with Crippen molar-refractivity contribution in [1.82, 2.24) is 15.0 Å². The lowest BCUT2D eigenvalue weighted by Gasteiger charge is -2.31. The summed E-state index contributed by atoms with van der Waals surface area (Å²) >= 11 is 0. The molecule has 0 N–H and O–H groups in total. The fraction of sp³-hybridized carbons (Fsp3) is 0.333. The van der Waals surface area contributed by atoms with E-state index in [1.807, 2.05) is 25.1 Å². The van der Waals surface area contributed by atoms with Crippen molar-refractivity contribution in [3.63, 3.8) is 0 Å². The van der Waals surface area contributed by atoms with E-state index in [0.29, 0.717) is 37.2 Å². The minimum atomic E-state index is -0.541. The number of rotatable bonds is 5. The normalized spacial score (nSPS) is 14.5. The molecule has 1 aromatic carbocycles. The highest BCUT2D eigenvalue weighted by molar-refractivity contribution is 5.85. The molecule has 3 aromatic rings. The Bertz CT molecular complexity index is 1140. The number of aromatic nitrogens is 3. The van der Waals surface area contributed by atoms with Gasteiger partial charge in [0.15, 0.2) is 5.75 Å². The third kappa shape index (κ3) is 4.09. The maximum absolute atomic E-state index is 11.9. The third-order valence-corrected chi connectivity index (χ3v) is 5.31. The second-order valence-electron chi connectivity index (χ2n) is 7.28. The van der Waals surface area contributed by atoms with Gasteiger partial charge in [0.25, 0.3) is 0 Å². The Kier molecular flexibility index (Phi) is 5.61. The molecule has 0 bridgehead atoms. The van der Waals surface area contributed by atoms with Gasteiger partial charge in [-0.2, -0.15) is 4.98 Å². The number of esters is 1. The fourth-order valence-corrected chi connectivity index (χ4v) is 3.72. The van der Waals surface area contributed by atoms with Crippen molar-refractivity contribution in [2.45, 2.75) is 19.8 Å². The molecule has 0 saturated carbocycles. The van der Waals surface area contributed by atoms with Gasteiger partial charge in [0, 0.05) is 24.2 Å². The van der Waals surface area contributed by atoms with Crippen molar-refractivity contribution in [1.29, 1.82) is 0 Å². The summed E-state index contributed by atoms with van der Waals surface area (Å²) in [6.07, 6.45) is 2.29. The van der Waals surface area contributed by atoms with E-state index in [0.717, 1.165) is 11.1 Å². The van der Waals surface area contributed by atoms with E-state index in [1.54, 1.807) is 17.0 Å². The molecule has 10 heteroatoms. The second-order valence-corrected chi connectivity index (χ2v) is 7.28. The molecule has 2 aromatic heterocycles. The van der Waals surface area contributed by atoms with Gasteiger partial charge in [-0.05, 0) is 31.9 Å². The van der Waals surface area contributed by atoms with Crippen molar-refractivity contribution < 1.29 is 19.2 Å². The Balaban J connectivity index is 1.67. The van der Waals surface area contributed by atoms with E-state index in [1.165, 1.54) is 13.4 Å². The lowest BCUT2D eigenvalue weighted by atomic mass is 9.97. The van der Waals surface area contributed by atoms with E-state index >= 15 is 0 Å². The maximum atomic E-state index is 11.9. The van der Waals surface area contributed by atoms with Crippen molar-refractivity contribution in [2.24, 2.45) is 5.92 Å². The van der Waals surface area contributed by atoms with Crippen molar-refractivity contribution in [2.75, 3.05) is 25.1 Å². The summed E-state index contributed by atoms with van der Waals surface area (Å²) in [4.78, 5) is 37.6. The van der Waals surface area contributed by atoms with Crippen LogP contribution in [-0.4, -0.2) is 46.0 Å². The minimum Gasteiger partial charge on any atom is -0.469 e. The molecule has 0 spiro atoms. The summed E-state index contributed by atoms with van der Waals surface area (Å²) in [7, 11) is 1.36. The van der Waals surface area contributed by atoms with Crippen LogP contribution in [0.4, 0.5) is 11.5 Å². The number of fused-ring (bicyclic) bond motifs is 1. The number of nitrogens with zero attached hydrogens (tertiary/aromatic N) is 5. The molecule has 1 aliphatic heterocycles. The molecule has 4 rings (SSSR count). The lowest BCUT2D eigenvalue weighted by Crippen LogP contribution is -2.37. The van der Waals surface area contributed by atoms with Crippen LogP contribution in [0, 0.1) is 23.0 Å². The van der Waals surface area contributed by atoms with E-state index in [-0.39, 0.29) is 29.3 Å². The van der Waals surface area contributed by atoms with Crippen LogP contribution >= 0.6 is 0 Å². The van der Waals surface area contributed by atoms with E-state index in [4.69, 9.17) is 9.47 Å². The highest BCUT2D eigenvalue weighted by atomic mass is 16.6. The Morgan fingerprint density at radius 3 is 2.68 bits per heavy atom. The van der Waals surface area contributed by atoms with Crippen molar-refractivity contribution in [3.8, 4) is 11.6 Å². The van der Waals surface area contributed by atoms with Crippen molar-refractivity contribution in [3.05, 3.63) is 52.5 Å². The smallest absolute Gasteiger partial charge is 0.373 e. The average Bonchev–Trinajstić information content (AvgIpc) is 2.78. The number of methoxy groups -OCH3 is 1. The number of piperidine rings is 1. The van der Waals surface area contributed by atoms with Crippen LogP contribution in [0.15, 0.2) is 36.7 Å². The quantitative estimate of drug-likeness (QED) is 0.345. The van der Waals surface area contributed by atoms with Gasteiger partial charge in [-0.15, -0.1) is 0 Å². The summed E-state index contributed by atoms with van der Waals surface area (Å²) in [6, 6.07) is 9.17. The Hall–Kier alpha value is -3.82. The van der Waals surface area contributed by atoms with Gasteiger partial charge in [0.05, 0.1) is 18.0 Å². The van der Waals surface area contributed by atoms with Gasteiger partial charge < -0.3 is 14.4 Å². The van der Waals surface area contributed by atoms with Crippen molar-refractivity contribution >= 4 is 28.4 Å². The number of nitro groups is 1. The maximum Gasteiger partial charge on any atom is 0.373 e. The molecule has 0 radical (unpaired) electrons. The van der Waals surface area contributed by atoms with Gasteiger partial charge in [-0.25, -0.2) is 9.97 Å². The number of ether oxygens (including phenoxy) is 2. The first-order valence-electron chi connectivity index (χ1n) is 9.84. The Morgan fingerprint density at radius 1 is 1.19 bits per heavy atom. The van der Waals surface area contributed by atoms with Crippen LogP contribution in [-0.2, 0) is 9.53 Å². The first-order chi connectivity index (χ1) is 15.0. The number of para-hydroxylation sites is 1. The van der Waals surface area contributed by atoms with Crippen LogP contribution in [0.1, 0.15) is 18.5 Å². The Labute approximate surface area is 178 Å². The predicted molar refractivity (Wildman–Crippen MR) is 112 cm³/mol. The summed E-state index contributed by atoms with van der Waals surface area (Å²) < 4.78 is 10.7. The molecule has 0 aliphatic carbocycles. The molecule has 0 amide bonds. The van der Waals surface area contributed by atoms with Crippen LogP contribution in [0.5, 0.6) is 11.6 Å². The number of carbonyl (C=O) groups excluding carboxylic acids is 1. The molecule has 160 valence electrons. The van der Waals surface area contributed by atoms with Crippen LogP contribution < -0.4 is 9.64 Å². The largest absolute Gasteiger partial charge is 0.469 e. The first kappa shape index (κ1) is 20.5. The topological polar surface area (TPSA) is 121 Å². The van der Waals surface area contributed by atoms with Gasteiger partial charge in [0.1, 0.15) is 11.8 Å². The SMILES string of the molecule is COC(=O)C1CCN(c2ncnc(Oc3cccc4ccc(C)nc34)c2[N+](=O)[O-])CC1. The average molecular weight is 423 g/mol. The number of hydrogen-bond donors (Lipinski definition) is 0. The van der Waals surface area contributed by atoms with Gasteiger partial charge in [0.2, 0.25) is 5.82 Å². The number of anilines is 1. The summed E-state index contributed by atoms with van der Waals surface area (Å²) in [6.45, 7) is 2.73. The Morgan fingerprint density at radius 2 is 1.97 bits per heavy atom. The zero-order valence-electron chi connectivity index (χ0n) is 17.1. The van der Waals surface area contributed by atoms with Crippen LogP contribution in [0.3, 0.4) is 0 Å². The molecule has 3 heterocycles. The minimum absolute atomic E-state index is 0.152. The highest BCUT2D eigenvalue weighted by Crippen LogP contribution is 2.38. The number of hydrogen-bond acceptors (Lipinski definition) is 9. The van der Waals surface area contributed by atoms with Crippen LogP contribution in [0.2, 0.25) is 0 Å². The predicted octanol–water partition coefficient (Wildman–Crippen LogP) is 3.42. The monoisotopic (exact) mass is 423 g/mol.